The first-order valence-electron chi connectivity index (χ1n) is 6.50. The first-order chi connectivity index (χ1) is 8.33. The summed E-state index contributed by atoms with van der Waals surface area (Å²) in [4.78, 5) is 3.98. The fourth-order valence-electron chi connectivity index (χ4n) is 1.26. The molecule has 1 aromatic heterocycles. The predicted molar refractivity (Wildman–Crippen MR) is 76.2 cm³/mol. The van der Waals surface area contributed by atoms with Gasteiger partial charge >= 0.3 is 0 Å². The molecule has 0 spiro atoms. The van der Waals surface area contributed by atoms with Crippen LogP contribution in [0.1, 0.15) is 20.8 Å². The Morgan fingerprint density at radius 1 is 1.17 bits per heavy atom. The molecule has 1 heterocycles. The molecule has 0 saturated heterocycles. The van der Waals surface area contributed by atoms with E-state index in [0.29, 0.717) is 19.8 Å². The highest BCUT2D eigenvalue weighted by Crippen LogP contribution is 2.36. The molecule has 1 aromatic rings. The summed E-state index contributed by atoms with van der Waals surface area (Å²) >= 11 is 0. The maximum Gasteiger partial charge on any atom is 0.192 e. The largest absolute Gasteiger partial charge is 0.414 e. The van der Waals surface area contributed by atoms with Crippen molar-refractivity contribution in [2.45, 2.75) is 45.4 Å². The second kappa shape index (κ2) is 6.50. The third kappa shape index (κ3) is 4.92. The van der Waals surface area contributed by atoms with E-state index < -0.39 is 8.32 Å². The van der Waals surface area contributed by atoms with Crippen molar-refractivity contribution in [2.75, 3.05) is 19.8 Å². The number of nitrogens with zero attached hydrogens (tertiary/aromatic N) is 2. The second-order valence-corrected chi connectivity index (χ2v) is 10.8. The average Bonchev–Trinajstić information content (AvgIpc) is 2.74. The maximum atomic E-state index is 6.03. The Morgan fingerprint density at radius 2 is 1.89 bits per heavy atom. The Morgan fingerprint density at radius 3 is 2.44 bits per heavy atom. The zero-order valence-electron chi connectivity index (χ0n) is 12.3. The Kier molecular flexibility index (Phi) is 5.56. The molecule has 0 radical (unpaired) electrons. The van der Waals surface area contributed by atoms with Gasteiger partial charge in [-0.25, -0.2) is 4.98 Å². The highest BCUT2D eigenvalue weighted by Gasteiger charge is 2.36. The molecule has 1 rings (SSSR count). The Hall–Kier alpha value is -0.653. The van der Waals surface area contributed by atoms with Crippen LogP contribution in [0, 0.1) is 0 Å². The average molecular weight is 270 g/mol. The van der Waals surface area contributed by atoms with Crippen molar-refractivity contribution in [1.29, 1.82) is 0 Å². The summed E-state index contributed by atoms with van der Waals surface area (Å²) in [5.74, 6) is 0. The van der Waals surface area contributed by atoms with Crippen LogP contribution in [-0.4, -0.2) is 37.7 Å². The molecule has 0 fully saturated rings. The lowest BCUT2D eigenvalue weighted by molar-refractivity contribution is 0.0899. The van der Waals surface area contributed by atoms with Crippen LogP contribution in [0.5, 0.6) is 0 Å². The van der Waals surface area contributed by atoms with Gasteiger partial charge in [-0.2, -0.15) is 0 Å². The van der Waals surface area contributed by atoms with Gasteiger partial charge in [0.05, 0.1) is 26.1 Å². The molecule has 0 N–H and O–H groups in total. The third-order valence-corrected chi connectivity index (χ3v) is 8.09. The van der Waals surface area contributed by atoms with Crippen LogP contribution < -0.4 is 0 Å². The molecule has 0 aliphatic carbocycles. The molecule has 104 valence electrons. The normalized spacial score (nSPS) is 12.9. The minimum absolute atomic E-state index is 0.268. The van der Waals surface area contributed by atoms with Gasteiger partial charge in [-0.15, -0.1) is 0 Å². The van der Waals surface area contributed by atoms with Crippen molar-refractivity contribution < 1.29 is 9.16 Å². The molecule has 0 saturated carbocycles. The maximum absolute atomic E-state index is 6.03. The second-order valence-electron chi connectivity index (χ2n) is 6.02. The number of hydrogen-bond acceptors (Lipinski definition) is 3. The summed E-state index contributed by atoms with van der Waals surface area (Å²) < 4.78 is 13.6. The van der Waals surface area contributed by atoms with Gasteiger partial charge in [0.25, 0.3) is 0 Å². The summed E-state index contributed by atoms with van der Waals surface area (Å²) in [6.07, 6.45) is 5.52. The van der Waals surface area contributed by atoms with Gasteiger partial charge in [0.1, 0.15) is 0 Å². The molecular formula is C13H26N2O2Si. The van der Waals surface area contributed by atoms with Gasteiger partial charge in [-0.05, 0) is 18.1 Å². The van der Waals surface area contributed by atoms with Crippen molar-refractivity contribution in [2.24, 2.45) is 0 Å². The van der Waals surface area contributed by atoms with E-state index >= 15 is 0 Å². The summed E-state index contributed by atoms with van der Waals surface area (Å²) in [6, 6.07) is 0. The Bertz CT molecular complexity index is 331. The number of imidazole rings is 1. The zero-order valence-corrected chi connectivity index (χ0v) is 13.3. The molecule has 0 bridgehead atoms. The van der Waals surface area contributed by atoms with Crippen molar-refractivity contribution in [3.63, 3.8) is 0 Å². The van der Waals surface area contributed by atoms with E-state index in [1.165, 1.54) is 0 Å². The number of ether oxygens (including phenoxy) is 1. The van der Waals surface area contributed by atoms with E-state index in [9.17, 15) is 0 Å². The third-order valence-electron chi connectivity index (χ3n) is 3.55. The van der Waals surface area contributed by atoms with E-state index in [1.807, 2.05) is 10.8 Å². The van der Waals surface area contributed by atoms with Gasteiger partial charge < -0.3 is 13.7 Å². The zero-order chi connectivity index (χ0) is 13.6. The van der Waals surface area contributed by atoms with Crippen LogP contribution in [0.3, 0.4) is 0 Å². The standard InChI is InChI=1S/C13H26N2O2Si/c1-13(2,3)18(4,5)17-11-10-16-9-8-15-7-6-14-12-15/h6-7,12H,8-11H2,1-5H3. The van der Waals surface area contributed by atoms with Crippen LogP contribution in [0.25, 0.3) is 0 Å². The van der Waals surface area contributed by atoms with Gasteiger partial charge in [0.15, 0.2) is 8.32 Å². The molecule has 0 unspecified atom stereocenters. The first-order valence-corrected chi connectivity index (χ1v) is 9.41. The fourth-order valence-corrected chi connectivity index (χ4v) is 2.29. The van der Waals surface area contributed by atoms with E-state index in [1.54, 1.807) is 12.5 Å². The molecule has 4 nitrogen and oxygen atoms in total. The molecule has 0 aliphatic heterocycles. The number of aromatic nitrogens is 2. The minimum atomic E-state index is -1.61. The summed E-state index contributed by atoms with van der Waals surface area (Å²) in [5, 5.41) is 0.268. The molecule has 5 heteroatoms. The predicted octanol–water partition coefficient (Wildman–Crippen LogP) is 2.92. The van der Waals surface area contributed by atoms with Crippen LogP contribution in [0.15, 0.2) is 18.7 Å². The van der Waals surface area contributed by atoms with Gasteiger partial charge in [0, 0.05) is 18.9 Å². The minimum Gasteiger partial charge on any atom is -0.414 e. The highest BCUT2D eigenvalue weighted by molar-refractivity contribution is 6.74. The summed E-state index contributed by atoms with van der Waals surface area (Å²) in [7, 11) is -1.61. The van der Waals surface area contributed by atoms with Gasteiger partial charge in [-0.1, -0.05) is 20.8 Å². The van der Waals surface area contributed by atoms with Gasteiger partial charge in [-0.3, -0.25) is 0 Å². The number of hydrogen-bond donors (Lipinski definition) is 0. The molecule has 0 amide bonds. The summed E-state index contributed by atoms with van der Waals surface area (Å²) in [5.41, 5.74) is 0. The van der Waals surface area contributed by atoms with E-state index in [-0.39, 0.29) is 5.04 Å². The van der Waals surface area contributed by atoms with Crippen molar-refractivity contribution in [1.82, 2.24) is 9.55 Å². The first kappa shape index (κ1) is 15.4. The van der Waals surface area contributed by atoms with Crippen LogP contribution in [-0.2, 0) is 15.7 Å². The fraction of sp³-hybridized carbons (Fsp3) is 0.769. The molecule has 18 heavy (non-hydrogen) atoms. The smallest absolute Gasteiger partial charge is 0.192 e. The Balaban J connectivity index is 2.08. The quantitative estimate of drug-likeness (QED) is 0.564. The number of rotatable bonds is 7. The van der Waals surface area contributed by atoms with Crippen LogP contribution >= 0.6 is 0 Å². The highest BCUT2D eigenvalue weighted by atomic mass is 28.4. The molecule has 0 aromatic carbocycles. The lowest BCUT2D eigenvalue weighted by Crippen LogP contribution is -2.41. The molecule has 0 aliphatic rings. The summed E-state index contributed by atoms with van der Waals surface area (Å²) in [6.45, 7) is 14.2. The molecular weight excluding hydrogens is 244 g/mol. The van der Waals surface area contributed by atoms with E-state index in [0.717, 1.165) is 6.54 Å². The molecule has 0 atom stereocenters. The SMILES string of the molecule is CC(C)(C)[Si](C)(C)OCCOCCn1ccnc1. The van der Waals surface area contributed by atoms with E-state index in [2.05, 4.69) is 38.8 Å². The van der Waals surface area contributed by atoms with Crippen LogP contribution in [0.2, 0.25) is 18.1 Å². The van der Waals surface area contributed by atoms with E-state index in [4.69, 9.17) is 9.16 Å². The van der Waals surface area contributed by atoms with Crippen molar-refractivity contribution >= 4 is 8.32 Å². The van der Waals surface area contributed by atoms with Crippen LogP contribution in [0.4, 0.5) is 0 Å². The lowest BCUT2D eigenvalue weighted by atomic mass is 10.2. The lowest BCUT2D eigenvalue weighted by Gasteiger charge is -2.36. The van der Waals surface area contributed by atoms with Crippen molar-refractivity contribution in [3.8, 4) is 0 Å². The van der Waals surface area contributed by atoms with Gasteiger partial charge in [0.2, 0.25) is 0 Å². The Labute approximate surface area is 111 Å². The topological polar surface area (TPSA) is 36.3 Å². The monoisotopic (exact) mass is 270 g/mol. The van der Waals surface area contributed by atoms with Crippen molar-refractivity contribution in [3.05, 3.63) is 18.7 Å².